The molecule has 2 aromatic rings. The molecule has 0 atom stereocenters. The molecule has 1 aliphatic heterocycles. The third-order valence-electron chi connectivity index (χ3n) is 5.22. The smallest absolute Gasteiger partial charge is 0.409 e. The number of likely N-dealkylation sites (tertiary alicyclic amines) is 1. The van der Waals surface area contributed by atoms with Crippen LogP contribution in [0.5, 0.6) is 0 Å². The van der Waals surface area contributed by atoms with E-state index in [0.717, 1.165) is 30.8 Å². The molecule has 31 heavy (non-hydrogen) atoms. The van der Waals surface area contributed by atoms with Gasteiger partial charge in [-0.25, -0.2) is 19.2 Å². The zero-order chi connectivity index (χ0) is 22.2. The highest BCUT2D eigenvalue weighted by molar-refractivity contribution is 5.80. The number of carbonyl (C=O) groups excluding carboxylic acids is 1. The predicted octanol–water partition coefficient (Wildman–Crippen LogP) is 3.00. The van der Waals surface area contributed by atoms with Crippen LogP contribution in [0.25, 0.3) is 5.69 Å². The molecule has 0 radical (unpaired) electrons. The van der Waals surface area contributed by atoms with Gasteiger partial charge in [0.1, 0.15) is 11.6 Å². The van der Waals surface area contributed by atoms with Crippen LogP contribution >= 0.6 is 0 Å². The maximum Gasteiger partial charge on any atom is 0.409 e. The highest BCUT2D eigenvalue weighted by Crippen LogP contribution is 2.17. The van der Waals surface area contributed by atoms with Crippen molar-refractivity contribution in [2.45, 2.75) is 46.2 Å². The molecule has 8 nitrogen and oxygen atoms in total. The average Bonchev–Trinajstić information content (AvgIpc) is 3.18. The van der Waals surface area contributed by atoms with E-state index in [1.807, 2.05) is 26.8 Å². The molecule has 9 heteroatoms. The second-order valence-electron chi connectivity index (χ2n) is 7.43. The molecule has 1 aliphatic rings. The molecular formula is C22H31FN6O2. The van der Waals surface area contributed by atoms with E-state index in [2.05, 4.69) is 20.6 Å². The van der Waals surface area contributed by atoms with Gasteiger partial charge in [0.15, 0.2) is 5.96 Å². The molecule has 1 amide bonds. The van der Waals surface area contributed by atoms with Crippen LogP contribution in [0, 0.1) is 12.7 Å². The molecule has 1 aromatic heterocycles. The number of piperidine rings is 1. The summed E-state index contributed by atoms with van der Waals surface area (Å²) in [5.74, 6) is 1.11. The molecule has 0 spiro atoms. The van der Waals surface area contributed by atoms with E-state index < -0.39 is 0 Å². The summed E-state index contributed by atoms with van der Waals surface area (Å²) < 4.78 is 21.4. The minimum absolute atomic E-state index is 0.215. The van der Waals surface area contributed by atoms with Crippen LogP contribution < -0.4 is 10.6 Å². The van der Waals surface area contributed by atoms with E-state index in [-0.39, 0.29) is 18.0 Å². The Morgan fingerprint density at radius 1 is 1.32 bits per heavy atom. The number of aryl methyl sites for hydroxylation is 1. The molecule has 0 aliphatic carbocycles. The fourth-order valence-electron chi connectivity index (χ4n) is 3.58. The lowest BCUT2D eigenvalue weighted by molar-refractivity contribution is 0.0963. The molecular weight excluding hydrogens is 399 g/mol. The second kappa shape index (κ2) is 10.8. The lowest BCUT2D eigenvalue weighted by atomic mass is 10.1. The van der Waals surface area contributed by atoms with Crippen LogP contribution in [-0.2, 0) is 11.3 Å². The summed E-state index contributed by atoms with van der Waals surface area (Å²) in [5.41, 5.74) is 1.26. The van der Waals surface area contributed by atoms with Crippen LogP contribution in [0.2, 0.25) is 0 Å². The number of rotatable bonds is 6. The molecule has 0 unspecified atom stereocenters. The number of amides is 1. The number of nitrogens with one attached hydrogen (secondary N) is 2. The van der Waals surface area contributed by atoms with E-state index in [4.69, 9.17) is 4.74 Å². The Labute approximate surface area is 182 Å². The van der Waals surface area contributed by atoms with Gasteiger partial charge in [-0.1, -0.05) is 6.07 Å². The van der Waals surface area contributed by atoms with Crippen molar-refractivity contribution in [1.29, 1.82) is 0 Å². The van der Waals surface area contributed by atoms with Gasteiger partial charge in [-0.3, -0.25) is 0 Å². The minimum Gasteiger partial charge on any atom is -0.450 e. The van der Waals surface area contributed by atoms with E-state index in [1.165, 1.54) is 6.07 Å². The fraction of sp³-hybridized carbons (Fsp3) is 0.500. The first kappa shape index (κ1) is 22.6. The van der Waals surface area contributed by atoms with E-state index in [9.17, 15) is 9.18 Å². The highest BCUT2D eigenvalue weighted by atomic mass is 19.1. The van der Waals surface area contributed by atoms with Gasteiger partial charge in [-0.2, -0.15) is 0 Å². The number of aliphatic imine (C=N–C) groups is 1. The molecule has 1 aromatic carbocycles. The molecule has 3 rings (SSSR count). The Kier molecular flexibility index (Phi) is 7.86. The SMILES string of the molecule is CCNC(=NCc1ccc(-n2ccnc2C)c(F)c1)NC1CCN(C(=O)OCC)CC1. The lowest BCUT2D eigenvalue weighted by Crippen LogP contribution is -2.49. The van der Waals surface area contributed by atoms with E-state index in [1.54, 1.807) is 27.9 Å². The van der Waals surface area contributed by atoms with Crippen LogP contribution in [0.4, 0.5) is 9.18 Å². The molecule has 2 N–H and O–H groups in total. The van der Waals surface area contributed by atoms with Crippen LogP contribution in [0.3, 0.4) is 0 Å². The van der Waals surface area contributed by atoms with Gasteiger partial charge in [-0.15, -0.1) is 0 Å². The molecule has 168 valence electrons. The Morgan fingerprint density at radius 3 is 2.71 bits per heavy atom. The maximum absolute atomic E-state index is 14.6. The summed E-state index contributed by atoms with van der Waals surface area (Å²) in [6, 6.07) is 5.36. The Bertz CT molecular complexity index is 905. The predicted molar refractivity (Wildman–Crippen MR) is 118 cm³/mol. The van der Waals surface area contributed by atoms with Gasteiger partial charge >= 0.3 is 6.09 Å². The summed E-state index contributed by atoms with van der Waals surface area (Å²) in [6.07, 6.45) is 4.77. The monoisotopic (exact) mass is 430 g/mol. The number of guanidine groups is 1. The number of hydrogen-bond donors (Lipinski definition) is 2. The number of benzene rings is 1. The number of imidazole rings is 1. The Morgan fingerprint density at radius 2 is 2.10 bits per heavy atom. The van der Waals surface area contributed by atoms with Gasteiger partial charge in [0, 0.05) is 38.1 Å². The highest BCUT2D eigenvalue weighted by Gasteiger charge is 2.24. The Hall–Kier alpha value is -3.10. The first-order valence-corrected chi connectivity index (χ1v) is 10.8. The summed E-state index contributed by atoms with van der Waals surface area (Å²) in [6.45, 7) is 8.41. The van der Waals surface area contributed by atoms with Gasteiger partial charge in [-0.05, 0) is 51.3 Å². The van der Waals surface area contributed by atoms with Crippen molar-refractivity contribution in [2.75, 3.05) is 26.2 Å². The molecule has 0 saturated carbocycles. The molecule has 2 heterocycles. The van der Waals surface area contributed by atoms with Gasteiger partial charge in [0.05, 0.1) is 18.8 Å². The number of nitrogens with zero attached hydrogens (tertiary/aromatic N) is 4. The van der Waals surface area contributed by atoms with Crippen molar-refractivity contribution < 1.29 is 13.9 Å². The standard InChI is InChI=1S/C22H31FN6O2/c1-4-24-21(27-18-8-11-28(12-9-18)22(30)31-5-2)26-15-17-6-7-20(19(23)14-17)29-13-10-25-16(29)3/h6-7,10,13-14,18H,4-5,8-9,11-12,15H2,1-3H3,(H2,24,26,27). The first-order valence-electron chi connectivity index (χ1n) is 10.8. The van der Waals surface area contributed by atoms with Crippen LogP contribution in [0.15, 0.2) is 35.6 Å². The number of hydrogen-bond acceptors (Lipinski definition) is 4. The quantitative estimate of drug-likeness (QED) is 0.544. The normalized spacial score (nSPS) is 15.1. The maximum atomic E-state index is 14.6. The largest absolute Gasteiger partial charge is 0.450 e. The van der Waals surface area contributed by atoms with Crippen molar-refractivity contribution in [3.8, 4) is 5.69 Å². The van der Waals surface area contributed by atoms with Crippen molar-refractivity contribution in [1.82, 2.24) is 25.1 Å². The zero-order valence-corrected chi connectivity index (χ0v) is 18.4. The third-order valence-corrected chi connectivity index (χ3v) is 5.22. The van der Waals surface area contributed by atoms with Crippen molar-refractivity contribution in [2.24, 2.45) is 4.99 Å². The topological polar surface area (TPSA) is 83.8 Å². The van der Waals surface area contributed by atoms with Crippen molar-refractivity contribution >= 4 is 12.1 Å². The van der Waals surface area contributed by atoms with E-state index >= 15 is 0 Å². The van der Waals surface area contributed by atoms with Crippen molar-refractivity contribution in [3.63, 3.8) is 0 Å². The molecule has 1 fully saturated rings. The van der Waals surface area contributed by atoms with Gasteiger partial charge in [0.25, 0.3) is 0 Å². The summed E-state index contributed by atoms with van der Waals surface area (Å²) in [5, 5.41) is 6.67. The zero-order valence-electron chi connectivity index (χ0n) is 18.4. The number of halogens is 1. The third kappa shape index (κ3) is 5.96. The van der Waals surface area contributed by atoms with Crippen molar-refractivity contribution in [3.05, 3.63) is 47.8 Å². The molecule has 1 saturated heterocycles. The fourth-order valence-corrected chi connectivity index (χ4v) is 3.58. The average molecular weight is 431 g/mol. The van der Waals surface area contributed by atoms with E-state index in [0.29, 0.717) is 37.9 Å². The minimum atomic E-state index is -0.307. The number of aromatic nitrogens is 2. The lowest BCUT2D eigenvalue weighted by Gasteiger charge is -2.32. The summed E-state index contributed by atoms with van der Waals surface area (Å²) >= 11 is 0. The summed E-state index contributed by atoms with van der Waals surface area (Å²) in [4.78, 5) is 22.3. The summed E-state index contributed by atoms with van der Waals surface area (Å²) in [7, 11) is 0. The van der Waals surface area contributed by atoms with Gasteiger partial charge < -0.3 is 24.8 Å². The second-order valence-corrected chi connectivity index (χ2v) is 7.43. The molecule has 0 bridgehead atoms. The van der Waals surface area contributed by atoms with Gasteiger partial charge in [0.2, 0.25) is 0 Å². The number of ether oxygens (including phenoxy) is 1. The number of carbonyl (C=O) groups is 1. The Balaban J connectivity index is 1.59. The van der Waals surface area contributed by atoms with Crippen LogP contribution in [-0.4, -0.2) is 58.8 Å². The first-order chi connectivity index (χ1) is 15.0. The van der Waals surface area contributed by atoms with Crippen LogP contribution in [0.1, 0.15) is 38.1 Å².